The summed E-state index contributed by atoms with van der Waals surface area (Å²) in [5, 5.41) is 9.89. The van der Waals surface area contributed by atoms with Crippen LogP contribution < -0.4 is 0 Å². The van der Waals surface area contributed by atoms with Gasteiger partial charge in [-0.2, -0.15) is 0 Å². The average Bonchev–Trinajstić information content (AvgIpc) is 3.52. The second-order valence-electron chi connectivity index (χ2n) is 22.9. The van der Waals surface area contributed by atoms with Crippen LogP contribution in [-0.2, 0) is 29.3 Å². The largest absolute Gasteiger partial charge is 0.481 e. The molecule has 1 N–H and O–H groups in total. The van der Waals surface area contributed by atoms with Crippen molar-refractivity contribution in [3.63, 3.8) is 0 Å². The lowest BCUT2D eigenvalue weighted by atomic mass is 9.33. The van der Waals surface area contributed by atoms with Crippen LogP contribution in [0.25, 0.3) is 0 Å². The van der Waals surface area contributed by atoms with Crippen molar-refractivity contribution >= 4 is 31.4 Å². The number of Topliss-reactive ketones (excluding diaryl/α,β-unsaturated/α-hetero) is 1. The van der Waals surface area contributed by atoms with Gasteiger partial charge in [-0.3, -0.25) is 14.5 Å². The van der Waals surface area contributed by atoms with Crippen LogP contribution in [0.2, 0.25) is 0 Å². The summed E-state index contributed by atoms with van der Waals surface area (Å²) >= 11 is 0. The van der Waals surface area contributed by atoms with E-state index in [2.05, 4.69) is 69.2 Å². The third kappa shape index (κ3) is 7.47. The van der Waals surface area contributed by atoms with Crippen LogP contribution in [0.5, 0.6) is 0 Å². The summed E-state index contributed by atoms with van der Waals surface area (Å²) in [7, 11) is -6.03. The van der Waals surface area contributed by atoms with Gasteiger partial charge in [0.05, 0.1) is 34.0 Å². The van der Waals surface area contributed by atoms with Crippen molar-refractivity contribution in [1.82, 2.24) is 14.7 Å². The number of halogens is 1. The summed E-state index contributed by atoms with van der Waals surface area (Å²) in [5.41, 5.74) is 3.28. The van der Waals surface area contributed by atoms with Gasteiger partial charge in [-0.05, 0) is 132 Å². The Labute approximate surface area is 372 Å². The van der Waals surface area contributed by atoms with E-state index in [1.807, 2.05) is 6.08 Å². The number of hydrogen-bond acceptors (Lipinski definition) is 9. The van der Waals surface area contributed by atoms with Crippen molar-refractivity contribution in [1.29, 1.82) is 0 Å². The van der Waals surface area contributed by atoms with Crippen LogP contribution in [0, 0.1) is 50.7 Å². The van der Waals surface area contributed by atoms with E-state index in [1.54, 1.807) is 0 Å². The number of rotatable bonds is 11. The van der Waals surface area contributed by atoms with Gasteiger partial charge in [0, 0.05) is 58.8 Å². The fraction of sp³-hybridized carbons (Fsp3) is 0.837. The van der Waals surface area contributed by atoms with Gasteiger partial charge in [-0.15, -0.1) is 0 Å². The Morgan fingerprint density at radius 1 is 0.806 bits per heavy atom. The minimum atomic E-state index is -3.02. The molecule has 13 heteroatoms. The molecule has 10 nitrogen and oxygen atoms in total. The molecule has 0 radical (unpaired) electrons. The number of nitrogens with zero attached hydrogens (tertiary/aromatic N) is 3. The second-order valence-corrected chi connectivity index (χ2v) is 27.5. The Balaban J connectivity index is 1.11. The Hall–Kier alpha value is -1.93. The molecule has 5 fully saturated rings. The molecule has 3 saturated carbocycles. The first-order chi connectivity index (χ1) is 29.0. The van der Waals surface area contributed by atoms with E-state index in [9.17, 15) is 35.9 Å². The zero-order valence-corrected chi connectivity index (χ0v) is 40.5. The predicted octanol–water partition coefficient (Wildman–Crippen LogP) is 7.17. The van der Waals surface area contributed by atoms with Crippen LogP contribution in [0.4, 0.5) is 4.39 Å². The van der Waals surface area contributed by atoms with Crippen molar-refractivity contribution in [2.45, 2.75) is 125 Å². The number of carbonyl (C=O) groups is 2. The summed E-state index contributed by atoms with van der Waals surface area (Å²) in [5.74, 6) is 1.30. The molecular weight excluding hydrogens is 826 g/mol. The number of carbonyl (C=O) groups excluding carboxylic acids is 1. The maximum Gasteiger partial charge on any atom is 0.312 e. The summed E-state index contributed by atoms with van der Waals surface area (Å²) in [6, 6.07) is 0. The third-order valence-corrected chi connectivity index (χ3v) is 22.7. The van der Waals surface area contributed by atoms with Gasteiger partial charge in [0.25, 0.3) is 0 Å². The normalized spacial score (nSPS) is 40.6. The zero-order chi connectivity index (χ0) is 44.9. The van der Waals surface area contributed by atoms with Gasteiger partial charge in [-0.25, -0.2) is 21.2 Å². The molecule has 2 heterocycles. The minimum absolute atomic E-state index is 0.0197. The first-order valence-electron chi connectivity index (χ1n) is 24.1. The van der Waals surface area contributed by atoms with Crippen LogP contribution in [-0.4, -0.2) is 136 Å². The first kappa shape index (κ1) is 46.6. The highest BCUT2D eigenvalue weighted by Crippen LogP contribution is 2.76. The molecule has 0 aromatic heterocycles. The molecule has 8 rings (SSSR count). The topological polar surface area (TPSA) is 132 Å². The lowest BCUT2D eigenvalue weighted by Crippen LogP contribution is -2.66. The number of carboxylic acid groups (broad SMARTS) is 1. The van der Waals surface area contributed by atoms with Gasteiger partial charge in [-0.1, -0.05) is 60.6 Å². The molecule has 0 aromatic carbocycles. The number of aliphatic carboxylic acids is 1. The molecule has 8 aliphatic rings. The number of sulfone groups is 2. The number of alkyl halides is 1. The predicted molar refractivity (Wildman–Crippen MR) is 243 cm³/mol. The fourth-order valence-electron chi connectivity index (χ4n) is 15.7. The van der Waals surface area contributed by atoms with Crippen LogP contribution in [0.15, 0.2) is 34.4 Å². The van der Waals surface area contributed by atoms with Gasteiger partial charge in [0.2, 0.25) is 0 Å². The summed E-state index contributed by atoms with van der Waals surface area (Å²) in [4.78, 5) is 33.9. The van der Waals surface area contributed by atoms with E-state index in [4.69, 9.17) is 0 Å². The van der Waals surface area contributed by atoms with E-state index in [0.717, 1.165) is 76.7 Å². The van der Waals surface area contributed by atoms with E-state index >= 15 is 0 Å². The Morgan fingerprint density at radius 2 is 1.40 bits per heavy atom. The quantitative estimate of drug-likeness (QED) is 0.228. The number of carboxylic acids is 1. The highest BCUT2D eigenvalue weighted by molar-refractivity contribution is 7.91. The van der Waals surface area contributed by atoms with Crippen molar-refractivity contribution in [2.75, 3.05) is 82.0 Å². The molecule has 8 atom stereocenters. The van der Waals surface area contributed by atoms with Crippen LogP contribution in [0.1, 0.15) is 119 Å². The smallest absolute Gasteiger partial charge is 0.312 e. The van der Waals surface area contributed by atoms with E-state index in [-0.39, 0.29) is 68.7 Å². The Morgan fingerprint density at radius 3 is 1.92 bits per heavy atom. The van der Waals surface area contributed by atoms with E-state index in [1.165, 1.54) is 16.7 Å². The molecule has 3 unspecified atom stereocenters. The molecule has 0 aromatic rings. The molecule has 6 aliphatic carbocycles. The lowest BCUT2D eigenvalue weighted by Gasteiger charge is -2.72. The third-order valence-electron chi connectivity index (χ3n) is 19.5. The van der Waals surface area contributed by atoms with Crippen molar-refractivity contribution in [2.24, 2.45) is 50.7 Å². The molecule has 0 spiro atoms. The molecular formula is C49H76FN3O7S2. The number of hydrogen-bond donors (Lipinski definition) is 1. The van der Waals surface area contributed by atoms with Gasteiger partial charge in [0.1, 0.15) is 6.67 Å². The lowest BCUT2D eigenvalue weighted by molar-refractivity contribution is -0.200. The number of allylic oxidation sites excluding steroid dienone is 5. The number of fused-ring (bicyclic) bond motifs is 7. The van der Waals surface area contributed by atoms with Crippen LogP contribution >= 0.6 is 0 Å². The van der Waals surface area contributed by atoms with Crippen molar-refractivity contribution < 1.29 is 35.9 Å². The van der Waals surface area contributed by atoms with Crippen LogP contribution in [0.3, 0.4) is 0 Å². The number of ketones is 1. The second kappa shape index (κ2) is 16.1. The highest BCUT2D eigenvalue weighted by Gasteiger charge is 2.70. The maximum absolute atomic E-state index is 14.6. The molecule has 0 amide bonds. The SMILES string of the molecule is CC(C)C1=C2C3CCC4[C@@]5(C)CC=C(C6=CC[C@](CF)(C(=O)O)CC6)C(C)(C)C5CC[C@@]4(C)[C@]3(C)CC[C@@]2(N(CCN2CCS(=O)(=O)CC2)CCN2CCS(=O)(=O)CC2)CC1=O. The van der Waals surface area contributed by atoms with E-state index in [0.29, 0.717) is 57.3 Å². The summed E-state index contributed by atoms with van der Waals surface area (Å²) in [6.07, 6.45) is 13.5. The maximum atomic E-state index is 14.6. The molecule has 0 bridgehead atoms. The van der Waals surface area contributed by atoms with Gasteiger partial charge < -0.3 is 14.9 Å². The standard InChI is InChI=1S/C49H76FN3O7S2/c1-34(2)41-38(54)32-49(53(22-20-51-24-28-61(57,58)29-25-51)23-21-52-26-30-62(59,60)31-27-52)19-18-46(6)37(42(41)49)8-9-40-45(5)14-12-36(44(3,4)39(45)13-15-47(40,46)7)35-10-16-48(33-50,17-11-35)43(55)56/h10,12,34,37,39-40H,8-9,11,13-33H2,1-7H3,(H,55,56)/t37?,39?,40?,45-,46+,47+,48-,49+/m0/s1. The monoisotopic (exact) mass is 902 g/mol. The summed E-state index contributed by atoms with van der Waals surface area (Å²) in [6.45, 7) is 21.2. The minimum Gasteiger partial charge on any atom is -0.481 e. The highest BCUT2D eigenvalue weighted by atomic mass is 32.2. The zero-order valence-electron chi connectivity index (χ0n) is 38.9. The molecule has 2 saturated heterocycles. The molecule has 2 aliphatic heterocycles. The average molecular weight is 902 g/mol. The van der Waals surface area contributed by atoms with Gasteiger partial charge >= 0.3 is 5.97 Å². The fourth-order valence-corrected chi connectivity index (χ4v) is 18.2. The Kier molecular flexibility index (Phi) is 12.1. The first-order valence-corrected chi connectivity index (χ1v) is 27.7. The van der Waals surface area contributed by atoms with Crippen molar-refractivity contribution in [3.8, 4) is 0 Å². The van der Waals surface area contributed by atoms with Gasteiger partial charge in [0.15, 0.2) is 25.5 Å². The summed E-state index contributed by atoms with van der Waals surface area (Å²) < 4.78 is 63.6. The van der Waals surface area contributed by atoms with E-state index < -0.39 is 43.3 Å². The van der Waals surface area contributed by atoms with Crippen molar-refractivity contribution in [3.05, 3.63) is 34.4 Å². The molecule has 62 heavy (non-hydrogen) atoms. The Bertz CT molecular complexity index is 2070. The molecule has 348 valence electrons.